The number of halogens is 1. The number of carboxylic acid groups (broad SMARTS) is 1. The van der Waals surface area contributed by atoms with Crippen molar-refractivity contribution in [3.05, 3.63) is 32.9 Å². The van der Waals surface area contributed by atoms with Gasteiger partial charge in [0, 0.05) is 10.7 Å². The van der Waals surface area contributed by atoms with Crippen LogP contribution in [0.3, 0.4) is 0 Å². The third-order valence-electron chi connectivity index (χ3n) is 2.54. The molecule has 0 atom stereocenters. The maximum atomic E-state index is 12.0. The fraction of sp³-hybridized carbons (Fsp3) is 0.364. The minimum atomic E-state index is -1.09. The summed E-state index contributed by atoms with van der Waals surface area (Å²) in [6.45, 7) is 3.45. The van der Waals surface area contributed by atoms with Gasteiger partial charge in [-0.05, 0) is 27.9 Å². The van der Waals surface area contributed by atoms with Crippen LogP contribution in [0.5, 0.6) is 0 Å². The average molecular weight is 314 g/mol. The predicted octanol–water partition coefficient (Wildman–Crippen LogP) is 1.47. The molecule has 0 aliphatic heterocycles. The topological polar surface area (TPSA) is 76.6 Å². The lowest BCUT2D eigenvalue weighted by Gasteiger charge is -2.10. The largest absolute Gasteiger partial charge is 0.480 e. The summed E-state index contributed by atoms with van der Waals surface area (Å²) in [6, 6.07) is 1.80. The van der Waals surface area contributed by atoms with Crippen LogP contribution in [0.2, 0.25) is 0 Å². The van der Waals surface area contributed by atoms with Gasteiger partial charge < -0.3 is 5.11 Å². The van der Waals surface area contributed by atoms with Gasteiger partial charge in [-0.1, -0.05) is 13.8 Å². The van der Waals surface area contributed by atoms with E-state index in [1.165, 1.54) is 4.40 Å². The van der Waals surface area contributed by atoms with E-state index in [2.05, 4.69) is 21.0 Å². The van der Waals surface area contributed by atoms with Gasteiger partial charge in [0.1, 0.15) is 6.54 Å². The van der Waals surface area contributed by atoms with Crippen LogP contribution in [-0.4, -0.2) is 25.3 Å². The molecule has 2 heterocycles. The maximum Gasteiger partial charge on any atom is 0.349 e. The molecule has 1 N–H and O–H groups in total. The second-order valence-electron chi connectivity index (χ2n) is 4.29. The van der Waals surface area contributed by atoms with Crippen molar-refractivity contribution in [3.63, 3.8) is 0 Å². The van der Waals surface area contributed by atoms with Gasteiger partial charge in [-0.25, -0.2) is 9.48 Å². The van der Waals surface area contributed by atoms with Crippen molar-refractivity contribution in [3.8, 4) is 0 Å². The van der Waals surface area contributed by atoms with Gasteiger partial charge in [0.05, 0.1) is 11.2 Å². The highest BCUT2D eigenvalue weighted by Crippen LogP contribution is 2.21. The number of aromatic nitrogens is 3. The molecule has 0 bridgehead atoms. The Morgan fingerprint density at radius 3 is 2.78 bits per heavy atom. The zero-order valence-electron chi connectivity index (χ0n) is 9.92. The molecule has 0 fully saturated rings. The Balaban J connectivity index is 2.78. The number of hydrogen-bond donors (Lipinski definition) is 1. The lowest BCUT2D eigenvalue weighted by atomic mass is 10.1. The standard InChI is InChI=1S/C11H12BrN3O3/c1-6(2)10-8-3-7(12)4-14(8)11(18)15(13-10)5-9(16)17/h3-4,6H,5H2,1-2H3,(H,16,17). The maximum absolute atomic E-state index is 12.0. The zero-order chi connectivity index (χ0) is 13.4. The molecule has 2 aromatic heterocycles. The second kappa shape index (κ2) is 4.56. The molecule has 2 aromatic rings. The summed E-state index contributed by atoms with van der Waals surface area (Å²) < 4.78 is 3.14. The van der Waals surface area contributed by atoms with Gasteiger partial charge in [0.15, 0.2) is 0 Å². The normalized spacial score (nSPS) is 11.3. The second-order valence-corrected chi connectivity index (χ2v) is 5.20. The van der Waals surface area contributed by atoms with Crippen LogP contribution >= 0.6 is 15.9 Å². The first-order chi connectivity index (χ1) is 8.40. The number of aliphatic carboxylic acids is 1. The summed E-state index contributed by atoms with van der Waals surface area (Å²) >= 11 is 3.30. The molecule has 96 valence electrons. The Morgan fingerprint density at radius 2 is 2.22 bits per heavy atom. The number of fused-ring (bicyclic) bond motifs is 1. The van der Waals surface area contributed by atoms with E-state index in [0.29, 0.717) is 11.2 Å². The van der Waals surface area contributed by atoms with E-state index in [9.17, 15) is 9.59 Å². The first kappa shape index (κ1) is 12.8. The van der Waals surface area contributed by atoms with E-state index < -0.39 is 18.2 Å². The minimum absolute atomic E-state index is 0.0925. The van der Waals surface area contributed by atoms with Crippen LogP contribution in [0.25, 0.3) is 5.52 Å². The van der Waals surface area contributed by atoms with Crippen LogP contribution in [0.1, 0.15) is 25.5 Å². The molecule has 0 saturated carbocycles. The predicted molar refractivity (Wildman–Crippen MR) is 68.9 cm³/mol. The van der Waals surface area contributed by atoms with Crippen molar-refractivity contribution >= 4 is 27.4 Å². The Labute approximate surface area is 111 Å². The number of carbonyl (C=O) groups is 1. The van der Waals surface area contributed by atoms with Gasteiger partial charge in [-0.3, -0.25) is 9.20 Å². The van der Waals surface area contributed by atoms with E-state index in [1.807, 2.05) is 13.8 Å². The highest BCUT2D eigenvalue weighted by Gasteiger charge is 2.15. The number of rotatable bonds is 3. The van der Waals surface area contributed by atoms with Crippen molar-refractivity contribution in [2.45, 2.75) is 26.3 Å². The van der Waals surface area contributed by atoms with E-state index in [4.69, 9.17) is 5.11 Å². The van der Waals surface area contributed by atoms with Crippen LogP contribution < -0.4 is 5.69 Å². The van der Waals surface area contributed by atoms with E-state index in [0.717, 1.165) is 9.15 Å². The van der Waals surface area contributed by atoms with Gasteiger partial charge in [-0.2, -0.15) is 5.10 Å². The van der Waals surface area contributed by atoms with Gasteiger partial charge in [-0.15, -0.1) is 0 Å². The summed E-state index contributed by atoms with van der Waals surface area (Å²) in [5.74, 6) is -1.00. The molecule has 0 amide bonds. The molecule has 0 radical (unpaired) electrons. The monoisotopic (exact) mass is 313 g/mol. The Kier molecular flexibility index (Phi) is 3.25. The van der Waals surface area contributed by atoms with Crippen molar-refractivity contribution in [1.82, 2.24) is 14.2 Å². The highest BCUT2D eigenvalue weighted by atomic mass is 79.9. The minimum Gasteiger partial charge on any atom is -0.480 e. The van der Waals surface area contributed by atoms with Crippen LogP contribution in [-0.2, 0) is 11.3 Å². The van der Waals surface area contributed by atoms with Crippen LogP contribution in [0.15, 0.2) is 21.5 Å². The quantitative estimate of drug-likeness (QED) is 0.931. The molecule has 0 saturated heterocycles. The van der Waals surface area contributed by atoms with Gasteiger partial charge >= 0.3 is 11.7 Å². The third kappa shape index (κ3) is 2.17. The number of carboxylic acids is 1. The lowest BCUT2D eigenvalue weighted by molar-refractivity contribution is -0.138. The first-order valence-corrected chi connectivity index (χ1v) is 6.20. The molecular weight excluding hydrogens is 302 g/mol. The van der Waals surface area contributed by atoms with E-state index in [-0.39, 0.29) is 5.92 Å². The number of nitrogens with zero attached hydrogens (tertiary/aromatic N) is 3. The summed E-state index contributed by atoms with van der Waals surface area (Å²) in [5.41, 5.74) is 0.938. The molecule has 0 unspecified atom stereocenters. The molecule has 7 heteroatoms. The molecule has 2 rings (SSSR count). The van der Waals surface area contributed by atoms with E-state index in [1.54, 1.807) is 12.3 Å². The molecule has 6 nitrogen and oxygen atoms in total. The van der Waals surface area contributed by atoms with Gasteiger partial charge in [0.25, 0.3) is 0 Å². The molecule has 18 heavy (non-hydrogen) atoms. The van der Waals surface area contributed by atoms with Crippen molar-refractivity contribution < 1.29 is 9.90 Å². The highest BCUT2D eigenvalue weighted by molar-refractivity contribution is 9.10. The summed E-state index contributed by atoms with van der Waals surface area (Å²) in [6.07, 6.45) is 1.61. The molecule has 0 aliphatic carbocycles. The smallest absolute Gasteiger partial charge is 0.349 e. The molecule has 0 aromatic carbocycles. The summed E-state index contributed by atoms with van der Waals surface area (Å²) in [7, 11) is 0. The Morgan fingerprint density at radius 1 is 1.56 bits per heavy atom. The average Bonchev–Trinajstić information content (AvgIpc) is 2.63. The molecule has 0 aliphatic rings. The van der Waals surface area contributed by atoms with E-state index >= 15 is 0 Å². The fourth-order valence-electron chi connectivity index (χ4n) is 1.78. The van der Waals surface area contributed by atoms with Crippen molar-refractivity contribution in [2.75, 3.05) is 0 Å². The first-order valence-electron chi connectivity index (χ1n) is 5.40. The lowest BCUT2D eigenvalue weighted by Crippen LogP contribution is -2.32. The molecular formula is C11H12BrN3O3. The van der Waals surface area contributed by atoms with Crippen molar-refractivity contribution in [1.29, 1.82) is 0 Å². The summed E-state index contributed by atoms with van der Waals surface area (Å²) in [5, 5.41) is 12.9. The SMILES string of the molecule is CC(C)c1nn(CC(=O)O)c(=O)n2cc(Br)cc12. The zero-order valence-corrected chi connectivity index (χ0v) is 11.5. The Hall–Kier alpha value is -1.63. The molecule has 0 spiro atoms. The fourth-order valence-corrected chi connectivity index (χ4v) is 2.20. The van der Waals surface area contributed by atoms with Crippen molar-refractivity contribution in [2.24, 2.45) is 0 Å². The van der Waals surface area contributed by atoms with Gasteiger partial charge in [0.2, 0.25) is 0 Å². The Bertz CT molecular complexity index is 672. The third-order valence-corrected chi connectivity index (χ3v) is 2.97. The van der Waals surface area contributed by atoms with Crippen LogP contribution in [0, 0.1) is 0 Å². The summed E-state index contributed by atoms with van der Waals surface area (Å²) in [4.78, 5) is 22.8. The number of hydrogen-bond acceptors (Lipinski definition) is 3. The van der Waals surface area contributed by atoms with Crippen LogP contribution in [0.4, 0.5) is 0 Å².